The summed E-state index contributed by atoms with van der Waals surface area (Å²) in [4.78, 5) is 15.0. The van der Waals surface area contributed by atoms with Gasteiger partial charge in [-0.05, 0) is 49.3 Å². The van der Waals surface area contributed by atoms with Gasteiger partial charge < -0.3 is 9.84 Å². The van der Waals surface area contributed by atoms with Crippen molar-refractivity contribution in [1.82, 2.24) is 15.4 Å². The fourth-order valence-electron chi connectivity index (χ4n) is 4.17. The van der Waals surface area contributed by atoms with E-state index >= 15 is 0 Å². The highest BCUT2D eigenvalue weighted by molar-refractivity contribution is 5.91. The summed E-state index contributed by atoms with van der Waals surface area (Å²) < 4.78 is 5.22. The molecule has 0 bridgehead atoms. The first-order valence-corrected chi connectivity index (χ1v) is 9.68. The van der Waals surface area contributed by atoms with Crippen LogP contribution in [0.2, 0.25) is 0 Å². The molecule has 26 heavy (non-hydrogen) atoms. The fourth-order valence-corrected chi connectivity index (χ4v) is 4.17. The van der Waals surface area contributed by atoms with Crippen LogP contribution in [-0.2, 0) is 12.8 Å². The van der Waals surface area contributed by atoms with Crippen LogP contribution in [0.1, 0.15) is 60.0 Å². The van der Waals surface area contributed by atoms with Crippen molar-refractivity contribution in [2.75, 3.05) is 13.1 Å². The normalized spacial score (nSPS) is 21.1. The van der Waals surface area contributed by atoms with Gasteiger partial charge >= 0.3 is 0 Å². The Labute approximate surface area is 154 Å². The zero-order valence-electron chi connectivity index (χ0n) is 15.6. The molecule has 5 nitrogen and oxygen atoms in total. The summed E-state index contributed by atoms with van der Waals surface area (Å²) in [6.07, 6.45) is 4.38. The maximum absolute atomic E-state index is 12.5. The van der Waals surface area contributed by atoms with E-state index in [4.69, 9.17) is 4.52 Å². The molecule has 1 fully saturated rings. The van der Waals surface area contributed by atoms with Crippen molar-refractivity contribution in [3.63, 3.8) is 0 Å². The lowest BCUT2D eigenvalue weighted by Gasteiger charge is -2.36. The number of hydrogen-bond donors (Lipinski definition) is 1. The van der Waals surface area contributed by atoms with E-state index in [0.717, 1.165) is 44.5 Å². The van der Waals surface area contributed by atoms with Crippen LogP contribution >= 0.6 is 0 Å². The molecule has 1 amide bonds. The molecule has 4 rings (SSSR count). The zero-order valence-corrected chi connectivity index (χ0v) is 15.6. The highest BCUT2D eigenvalue weighted by Gasteiger charge is 2.31. The van der Waals surface area contributed by atoms with Gasteiger partial charge in [0.25, 0.3) is 5.91 Å². The minimum atomic E-state index is -0.147. The van der Waals surface area contributed by atoms with Gasteiger partial charge in [0.1, 0.15) is 0 Å². The Morgan fingerprint density at radius 3 is 2.65 bits per heavy atom. The molecular weight excluding hydrogens is 326 g/mol. The average Bonchev–Trinajstić information content (AvgIpc) is 3.29. The molecule has 2 heterocycles. The largest absolute Gasteiger partial charge is 0.351 e. The number of nitrogens with one attached hydrogen (secondary N) is 1. The standard InChI is InChI=1S/C21H27N3O2/c1-14(2)19-12-20(26-23-19)21(25)22-17-8-5-9-24(13-17)18-10-15-6-3-4-7-16(15)11-18/h3-4,6-7,12,14,17-18H,5,8-11,13H2,1-2H3,(H,22,25)/t17-/m1/s1. The molecule has 5 heteroatoms. The van der Waals surface area contributed by atoms with Crippen molar-refractivity contribution in [3.8, 4) is 0 Å². The monoisotopic (exact) mass is 353 g/mol. The minimum Gasteiger partial charge on any atom is -0.351 e. The smallest absolute Gasteiger partial charge is 0.290 e. The first-order chi connectivity index (χ1) is 12.6. The summed E-state index contributed by atoms with van der Waals surface area (Å²) >= 11 is 0. The average molecular weight is 353 g/mol. The van der Waals surface area contributed by atoms with Crippen molar-refractivity contribution in [2.24, 2.45) is 0 Å². The number of likely N-dealkylation sites (tertiary alicyclic amines) is 1. The number of rotatable bonds is 4. The van der Waals surface area contributed by atoms with Crippen LogP contribution in [0.3, 0.4) is 0 Å². The Balaban J connectivity index is 1.36. The summed E-state index contributed by atoms with van der Waals surface area (Å²) in [6.45, 7) is 6.11. The lowest BCUT2D eigenvalue weighted by Crippen LogP contribution is -2.51. The van der Waals surface area contributed by atoms with E-state index < -0.39 is 0 Å². The predicted octanol–water partition coefficient (Wildman–Crippen LogP) is 3.16. The van der Waals surface area contributed by atoms with Crippen LogP contribution in [0.4, 0.5) is 0 Å². The van der Waals surface area contributed by atoms with Crippen molar-refractivity contribution in [2.45, 2.75) is 57.5 Å². The van der Waals surface area contributed by atoms with E-state index in [1.54, 1.807) is 6.07 Å². The second-order valence-corrected chi connectivity index (χ2v) is 7.91. The van der Waals surface area contributed by atoms with Gasteiger partial charge in [-0.3, -0.25) is 9.69 Å². The lowest BCUT2D eigenvalue weighted by atomic mass is 10.0. The van der Waals surface area contributed by atoms with Gasteiger partial charge in [-0.1, -0.05) is 43.3 Å². The molecule has 1 aromatic heterocycles. The Hall–Kier alpha value is -2.14. The first kappa shape index (κ1) is 17.3. The Morgan fingerprint density at radius 1 is 1.27 bits per heavy atom. The SMILES string of the molecule is CC(C)c1cc(C(=O)N[C@@H]2CCCN(C3Cc4ccccc4C3)C2)on1. The first-order valence-electron chi connectivity index (χ1n) is 9.68. The number of nitrogens with zero attached hydrogens (tertiary/aromatic N) is 2. The minimum absolute atomic E-state index is 0.147. The maximum atomic E-state index is 12.5. The van der Waals surface area contributed by atoms with Gasteiger partial charge in [-0.25, -0.2) is 0 Å². The van der Waals surface area contributed by atoms with Crippen LogP contribution in [0.15, 0.2) is 34.9 Å². The van der Waals surface area contributed by atoms with E-state index in [1.807, 2.05) is 13.8 Å². The van der Waals surface area contributed by atoms with Crippen molar-refractivity contribution >= 4 is 5.91 Å². The lowest BCUT2D eigenvalue weighted by molar-refractivity contribution is 0.0841. The van der Waals surface area contributed by atoms with Crippen LogP contribution < -0.4 is 5.32 Å². The third kappa shape index (κ3) is 3.54. The summed E-state index contributed by atoms with van der Waals surface area (Å²) in [5.41, 5.74) is 3.78. The maximum Gasteiger partial charge on any atom is 0.290 e. The Kier molecular flexibility index (Phi) is 4.81. The molecule has 1 atom stereocenters. The summed E-state index contributed by atoms with van der Waals surface area (Å²) in [5.74, 6) is 0.430. The molecule has 0 radical (unpaired) electrons. The second-order valence-electron chi connectivity index (χ2n) is 7.91. The molecule has 0 spiro atoms. The highest BCUT2D eigenvalue weighted by atomic mass is 16.5. The molecule has 0 unspecified atom stereocenters. The van der Waals surface area contributed by atoms with E-state index in [2.05, 4.69) is 39.6 Å². The van der Waals surface area contributed by atoms with Crippen LogP contribution in [0.25, 0.3) is 0 Å². The number of piperidine rings is 1. The third-order valence-corrected chi connectivity index (χ3v) is 5.68. The molecular formula is C21H27N3O2. The number of carbonyl (C=O) groups is 1. The molecule has 1 aliphatic heterocycles. The number of carbonyl (C=O) groups excluding carboxylic acids is 1. The molecule has 0 saturated carbocycles. The number of fused-ring (bicyclic) bond motifs is 1. The molecule has 1 N–H and O–H groups in total. The topological polar surface area (TPSA) is 58.4 Å². The second kappa shape index (κ2) is 7.23. The molecule has 1 aromatic carbocycles. The van der Waals surface area contributed by atoms with E-state index in [9.17, 15) is 4.79 Å². The zero-order chi connectivity index (χ0) is 18.1. The van der Waals surface area contributed by atoms with Crippen LogP contribution in [-0.4, -0.2) is 41.1 Å². The van der Waals surface area contributed by atoms with Gasteiger partial charge in [0.15, 0.2) is 0 Å². The van der Waals surface area contributed by atoms with E-state index in [1.165, 1.54) is 11.1 Å². The van der Waals surface area contributed by atoms with E-state index in [0.29, 0.717) is 11.8 Å². The Bertz CT molecular complexity index is 758. The molecule has 1 aliphatic carbocycles. The number of benzene rings is 1. The molecule has 2 aliphatic rings. The Morgan fingerprint density at radius 2 is 2.00 bits per heavy atom. The van der Waals surface area contributed by atoms with Crippen LogP contribution in [0, 0.1) is 0 Å². The van der Waals surface area contributed by atoms with E-state index in [-0.39, 0.29) is 17.9 Å². The number of aromatic nitrogens is 1. The van der Waals surface area contributed by atoms with Crippen molar-refractivity contribution in [3.05, 3.63) is 52.9 Å². The quantitative estimate of drug-likeness (QED) is 0.917. The summed E-state index contributed by atoms with van der Waals surface area (Å²) in [7, 11) is 0. The van der Waals surface area contributed by atoms with Crippen molar-refractivity contribution < 1.29 is 9.32 Å². The highest BCUT2D eigenvalue weighted by Crippen LogP contribution is 2.27. The van der Waals surface area contributed by atoms with Crippen molar-refractivity contribution in [1.29, 1.82) is 0 Å². The van der Waals surface area contributed by atoms with Crippen LogP contribution in [0.5, 0.6) is 0 Å². The summed E-state index contributed by atoms with van der Waals surface area (Å²) in [6, 6.07) is 11.2. The summed E-state index contributed by atoms with van der Waals surface area (Å²) in [5, 5.41) is 7.13. The predicted molar refractivity (Wildman–Crippen MR) is 100 cm³/mol. The van der Waals surface area contributed by atoms with Gasteiger partial charge in [0, 0.05) is 24.7 Å². The van der Waals surface area contributed by atoms with Gasteiger partial charge in [-0.2, -0.15) is 0 Å². The van der Waals surface area contributed by atoms with Gasteiger partial charge in [-0.15, -0.1) is 0 Å². The van der Waals surface area contributed by atoms with Gasteiger partial charge in [0.05, 0.1) is 5.69 Å². The molecule has 138 valence electrons. The van der Waals surface area contributed by atoms with Gasteiger partial charge in [0.2, 0.25) is 5.76 Å². The fraction of sp³-hybridized carbons (Fsp3) is 0.524. The number of amides is 1. The molecule has 1 saturated heterocycles. The molecule has 2 aromatic rings. The number of hydrogen-bond acceptors (Lipinski definition) is 4. The third-order valence-electron chi connectivity index (χ3n) is 5.68.